The Morgan fingerprint density at radius 3 is 2.34 bits per heavy atom. The van der Waals surface area contributed by atoms with Crippen LogP contribution in [0.25, 0.3) is 5.76 Å². The highest BCUT2D eigenvalue weighted by atomic mass is 32.1. The number of aliphatic hydroxyl groups is 1. The highest BCUT2D eigenvalue weighted by Gasteiger charge is 2.48. The lowest BCUT2D eigenvalue weighted by Crippen LogP contribution is -2.29. The number of amides is 1. The lowest BCUT2D eigenvalue weighted by atomic mass is 9.95. The molecule has 1 aliphatic rings. The maximum atomic E-state index is 13.5. The van der Waals surface area contributed by atoms with Crippen LogP contribution in [-0.2, 0) is 14.3 Å². The number of esters is 1. The zero-order valence-corrected chi connectivity index (χ0v) is 24.6. The van der Waals surface area contributed by atoms with Gasteiger partial charge in [0.1, 0.15) is 22.1 Å². The lowest BCUT2D eigenvalue weighted by Gasteiger charge is -2.23. The number of ketones is 1. The second-order valence-corrected chi connectivity index (χ2v) is 11.0. The average molecular weight is 579 g/mol. The summed E-state index contributed by atoms with van der Waals surface area (Å²) in [6.07, 6.45) is 1.92. The van der Waals surface area contributed by atoms with Crippen molar-refractivity contribution in [2.45, 2.75) is 46.6 Å². The number of rotatable bonds is 11. The quantitative estimate of drug-likeness (QED) is 0.0957. The summed E-state index contributed by atoms with van der Waals surface area (Å²) >= 11 is 0.971. The zero-order chi connectivity index (χ0) is 29.7. The molecule has 0 radical (unpaired) electrons. The first-order chi connectivity index (χ1) is 19.7. The number of nitrogens with zero attached hydrogens (tertiary/aromatic N) is 2. The van der Waals surface area contributed by atoms with E-state index < -0.39 is 23.7 Å². The fourth-order valence-corrected chi connectivity index (χ4v) is 5.30. The number of carbonyl (C=O) groups is 3. The number of methoxy groups -OCH3 is 1. The van der Waals surface area contributed by atoms with E-state index in [1.54, 1.807) is 55.5 Å². The van der Waals surface area contributed by atoms with Crippen molar-refractivity contribution in [3.8, 4) is 11.5 Å². The molecule has 1 saturated heterocycles. The van der Waals surface area contributed by atoms with Crippen LogP contribution >= 0.6 is 11.3 Å². The normalized spacial score (nSPS) is 16.3. The Hall–Kier alpha value is -4.18. The van der Waals surface area contributed by atoms with E-state index in [2.05, 4.69) is 11.9 Å². The average Bonchev–Trinajstić information content (AvgIpc) is 3.48. The minimum atomic E-state index is -0.994. The van der Waals surface area contributed by atoms with Crippen molar-refractivity contribution in [1.82, 2.24) is 4.98 Å². The SMILES string of the molecule is CCCCOc1ccc(C(O)=C2C(=O)C(=O)N(c3nc(C)c(C(=O)OCC(C)C)s3)[C@@H]2c2ccc(OC)cc2)cc1. The summed E-state index contributed by atoms with van der Waals surface area (Å²) in [6, 6.07) is 12.6. The molecule has 1 fully saturated rings. The first-order valence-corrected chi connectivity index (χ1v) is 14.3. The molecule has 41 heavy (non-hydrogen) atoms. The van der Waals surface area contributed by atoms with Crippen molar-refractivity contribution < 1.29 is 33.7 Å². The van der Waals surface area contributed by atoms with Gasteiger partial charge in [-0.1, -0.05) is 50.7 Å². The van der Waals surface area contributed by atoms with Crippen molar-refractivity contribution in [3.63, 3.8) is 0 Å². The molecule has 0 aliphatic carbocycles. The third-order valence-corrected chi connectivity index (χ3v) is 7.63. The van der Waals surface area contributed by atoms with E-state index in [0.29, 0.717) is 34.9 Å². The second kappa shape index (κ2) is 13.0. The number of anilines is 1. The molecule has 2 heterocycles. The number of thiazole rings is 1. The summed E-state index contributed by atoms with van der Waals surface area (Å²) < 4.78 is 16.4. The molecule has 1 amide bonds. The van der Waals surface area contributed by atoms with E-state index in [0.717, 1.165) is 24.2 Å². The van der Waals surface area contributed by atoms with Crippen molar-refractivity contribution in [3.05, 3.63) is 75.8 Å². The molecule has 0 unspecified atom stereocenters. The number of Topliss-reactive ketones (excluding diaryl/α,β-unsaturated/α-hetero) is 1. The van der Waals surface area contributed by atoms with Crippen molar-refractivity contribution >= 4 is 39.9 Å². The maximum absolute atomic E-state index is 13.5. The van der Waals surface area contributed by atoms with Crippen LogP contribution in [0.1, 0.15) is 66.1 Å². The minimum Gasteiger partial charge on any atom is -0.507 e. The van der Waals surface area contributed by atoms with E-state index in [1.807, 2.05) is 13.8 Å². The van der Waals surface area contributed by atoms with Crippen LogP contribution in [-0.4, -0.2) is 48.1 Å². The molecule has 216 valence electrons. The number of hydrogen-bond donors (Lipinski definition) is 1. The Morgan fingerprint density at radius 2 is 1.73 bits per heavy atom. The number of aliphatic hydroxyl groups excluding tert-OH is 1. The monoisotopic (exact) mass is 578 g/mol. The van der Waals surface area contributed by atoms with Gasteiger partial charge in [0.05, 0.1) is 37.6 Å². The Balaban J connectivity index is 1.78. The molecule has 2 aromatic carbocycles. The molecule has 9 nitrogen and oxygen atoms in total. The highest BCUT2D eigenvalue weighted by Crippen LogP contribution is 2.44. The van der Waals surface area contributed by atoms with Gasteiger partial charge in [0.25, 0.3) is 5.78 Å². The van der Waals surface area contributed by atoms with Crippen LogP contribution in [0.4, 0.5) is 5.13 Å². The summed E-state index contributed by atoms with van der Waals surface area (Å²) in [4.78, 5) is 45.7. The second-order valence-electron chi connectivity index (χ2n) is 10.1. The third-order valence-electron chi connectivity index (χ3n) is 6.49. The van der Waals surface area contributed by atoms with Gasteiger partial charge in [-0.15, -0.1) is 0 Å². The Kier molecular flexibility index (Phi) is 9.44. The molecular formula is C31H34N2O7S. The largest absolute Gasteiger partial charge is 0.507 e. The van der Waals surface area contributed by atoms with Crippen LogP contribution in [0.5, 0.6) is 11.5 Å². The molecule has 1 N–H and O–H groups in total. The molecule has 1 atom stereocenters. The number of aryl methyl sites for hydroxylation is 1. The summed E-state index contributed by atoms with van der Waals surface area (Å²) in [5, 5.41) is 11.6. The van der Waals surface area contributed by atoms with Gasteiger partial charge in [0, 0.05) is 5.56 Å². The first-order valence-electron chi connectivity index (χ1n) is 13.5. The molecule has 1 aromatic heterocycles. The predicted molar refractivity (Wildman–Crippen MR) is 157 cm³/mol. The van der Waals surface area contributed by atoms with Crippen LogP contribution in [0.2, 0.25) is 0 Å². The Bertz CT molecular complexity index is 1440. The fourth-order valence-electron chi connectivity index (χ4n) is 4.31. The molecule has 0 saturated carbocycles. The Labute approximate surface area is 243 Å². The van der Waals surface area contributed by atoms with Gasteiger partial charge in [0.15, 0.2) is 5.13 Å². The fraction of sp³-hybridized carbons (Fsp3) is 0.355. The van der Waals surface area contributed by atoms with Gasteiger partial charge in [-0.2, -0.15) is 0 Å². The zero-order valence-electron chi connectivity index (χ0n) is 23.8. The molecular weight excluding hydrogens is 544 g/mol. The van der Waals surface area contributed by atoms with Crippen LogP contribution in [0, 0.1) is 12.8 Å². The molecule has 3 aromatic rings. The lowest BCUT2D eigenvalue weighted by molar-refractivity contribution is -0.132. The number of carbonyl (C=O) groups excluding carboxylic acids is 3. The van der Waals surface area contributed by atoms with Crippen molar-refractivity contribution in [2.24, 2.45) is 5.92 Å². The van der Waals surface area contributed by atoms with Gasteiger partial charge in [-0.3, -0.25) is 14.5 Å². The number of benzene rings is 2. The topological polar surface area (TPSA) is 115 Å². The van der Waals surface area contributed by atoms with Crippen molar-refractivity contribution in [2.75, 3.05) is 25.2 Å². The van der Waals surface area contributed by atoms with Crippen LogP contribution < -0.4 is 14.4 Å². The van der Waals surface area contributed by atoms with Gasteiger partial charge in [-0.05, 0) is 61.2 Å². The highest BCUT2D eigenvalue weighted by molar-refractivity contribution is 7.17. The minimum absolute atomic E-state index is 0.0865. The van der Waals surface area contributed by atoms with Gasteiger partial charge < -0.3 is 19.3 Å². The number of ether oxygens (including phenoxy) is 3. The summed E-state index contributed by atoms with van der Waals surface area (Å²) in [7, 11) is 1.54. The van der Waals surface area contributed by atoms with Gasteiger partial charge in [0.2, 0.25) is 0 Å². The molecule has 4 rings (SSSR count). The van der Waals surface area contributed by atoms with E-state index in [-0.39, 0.29) is 33.9 Å². The first kappa shape index (κ1) is 29.8. The molecule has 0 spiro atoms. The summed E-state index contributed by atoms with van der Waals surface area (Å²) in [5.74, 6) is -1.21. The maximum Gasteiger partial charge on any atom is 0.350 e. The predicted octanol–water partition coefficient (Wildman–Crippen LogP) is 6.08. The molecule has 1 aliphatic heterocycles. The van der Waals surface area contributed by atoms with Gasteiger partial charge >= 0.3 is 11.9 Å². The van der Waals surface area contributed by atoms with Gasteiger partial charge in [-0.25, -0.2) is 9.78 Å². The number of hydrogen-bond acceptors (Lipinski definition) is 9. The standard InChI is InChI=1S/C31H34N2O7S/c1-6-7-16-39-23-14-10-21(11-15-23)26(34)24-25(20-8-12-22(38-5)13-9-20)33(29(36)27(24)35)31-32-19(4)28(41-31)30(37)40-17-18(2)3/h8-15,18,25,34H,6-7,16-17H2,1-5H3/t25-/m1/s1. The van der Waals surface area contributed by atoms with E-state index in [9.17, 15) is 19.5 Å². The Morgan fingerprint density at radius 1 is 1.07 bits per heavy atom. The smallest absolute Gasteiger partial charge is 0.350 e. The van der Waals surface area contributed by atoms with Crippen LogP contribution in [0.3, 0.4) is 0 Å². The van der Waals surface area contributed by atoms with Crippen LogP contribution in [0.15, 0.2) is 54.1 Å². The summed E-state index contributed by atoms with van der Waals surface area (Å²) in [6.45, 7) is 8.40. The number of aromatic nitrogens is 1. The molecule has 10 heteroatoms. The summed E-state index contributed by atoms with van der Waals surface area (Å²) in [5.41, 5.74) is 1.21. The van der Waals surface area contributed by atoms with E-state index in [1.165, 1.54) is 12.0 Å². The van der Waals surface area contributed by atoms with E-state index in [4.69, 9.17) is 14.2 Å². The number of unbranched alkanes of at least 4 members (excludes halogenated alkanes) is 1. The van der Waals surface area contributed by atoms with Crippen molar-refractivity contribution in [1.29, 1.82) is 0 Å². The third kappa shape index (κ3) is 6.43. The molecule has 0 bridgehead atoms. The van der Waals surface area contributed by atoms with E-state index >= 15 is 0 Å².